The molecule has 0 unspecified atom stereocenters. The van der Waals surface area contributed by atoms with Gasteiger partial charge in [-0.05, 0) is 52.9 Å². The number of hydrogen-bond donors (Lipinski definition) is 2. The molecule has 0 fully saturated rings. The predicted octanol–water partition coefficient (Wildman–Crippen LogP) is 6.20. The topological polar surface area (TPSA) is 33.3 Å². The van der Waals surface area contributed by atoms with Gasteiger partial charge in [0.25, 0.3) is 0 Å². The minimum atomic E-state index is -1.14. The molecule has 134 valence electrons. The van der Waals surface area contributed by atoms with Crippen molar-refractivity contribution in [2.24, 2.45) is 0 Å². The van der Waals surface area contributed by atoms with Gasteiger partial charge in [-0.2, -0.15) is 0 Å². The molecule has 26 heavy (non-hydrogen) atoms. The second-order valence-electron chi connectivity index (χ2n) is 5.36. The highest BCUT2D eigenvalue weighted by Crippen LogP contribution is 2.40. The number of rotatable bonds is 5. The monoisotopic (exact) mass is 470 g/mol. The Labute approximate surface area is 162 Å². The van der Waals surface area contributed by atoms with Crippen LogP contribution in [0.2, 0.25) is 0 Å². The van der Waals surface area contributed by atoms with Gasteiger partial charge in [0.2, 0.25) is 0 Å². The largest absolute Gasteiger partial charge is 0.494 e. The van der Waals surface area contributed by atoms with Gasteiger partial charge in [0, 0.05) is 15.3 Å². The number of anilines is 4. The molecule has 0 bridgehead atoms. The van der Waals surface area contributed by atoms with Crippen LogP contribution in [-0.4, -0.2) is 7.11 Å². The molecule has 0 aliphatic rings. The Balaban J connectivity index is 2.10. The van der Waals surface area contributed by atoms with Crippen LogP contribution in [0.1, 0.15) is 0 Å². The smallest absolute Gasteiger partial charge is 0.184 e. The van der Waals surface area contributed by atoms with Gasteiger partial charge in [-0.15, -0.1) is 0 Å². The zero-order chi connectivity index (χ0) is 18.7. The summed E-state index contributed by atoms with van der Waals surface area (Å²) in [4.78, 5) is 0. The Morgan fingerprint density at radius 3 is 2.23 bits per heavy atom. The fourth-order valence-electron chi connectivity index (χ4n) is 2.40. The summed E-state index contributed by atoms with van der Waals surface area (Å²) < 4.78 is 48.6. The van der Waals surface area contributed by atoms with Crippen LogP contribution in [0.25, 0.3) is 0 Å². The van der Waals surface area contributed by atoms with Gasteiger partial charge >= 0.3 is 0 Å². The van der Waals surface area contributed by atoms with E-state index in [1.54, 1.807) is 30.3 Å². The summed E-state index contributed by atoms with van der Waals surface area (Å²) in [5, 5.41) is 5.63. The SMILES string of the molecule is COc1cc(F)c(F)c(Nc2ccc(I)cc2F)c1Nc1ccccc1. The molecule has 0 saturated carbocycles. The second-order valence-corrected chi connectivity index (χ2v) is 6.61. The summed E-state index contributed by atoms with van der Waals surface area (Å²) in [6.07, 6.45) is 0. The molecule has 0 atom stereocenters. The maximum absolute atomic E-state index is 14.5. The van der Waals surface area contributed by atoms with Crippen molar-refractivity contribution in [3.05, 3.63) is 75.6 Å². The van der Waals surface area contributed by atoms with Crippen LogP contribution in [-0.2, 0) is 0 Å². The molecule has 0 saturated heterocycles. The van der Waals surface area contributed by atoms with Gasteiger partial charge in [-0.3, -0.25) is 0 Å². The first-order valence-corrected chi connectivity index (χ1v) is 8.67. The van der Waals surface area contributed by atoms with Crippen molar-refractivity contribution < 1.29 is 17.9 Å². The molecule has 2 N–H and O–H groups in total. The van der Waals surface area contributed by atoms with Crippen LogP contribution in [0, 0.1) is 21.0 Å². The molecule has 3 nitrogen and oxygen atoms in total. The van der Waals surface area contributed by atoms with Gasteiger partial charge in [0.1, 0.15) is 22.9 Å². The van der Waals surface area contributed by atoms with Crippen LogP contribution in [0.5, 0.6) is 5.75 Å². The number of halogens is 4. The van der Waals surface area contributed by atoms with E-state index in [1.165, 1.54) is 19.2 Å². The van der Waals surface area contributed by atoms with Crippen LogP contribution >= 0.6 is 22.6 Å². The molecule has 7 heteroatoms. The van der Waals surface area contributed by atoms with Crippen LogP contribution in [0.3, 0.4) is 0 Å². The molecule has 3 rings (SSSR count). The Hall–Kier alpha value is -2.42. The van der Waals surface area contributed by atoms with Crippen molar-refractivity contribution in [3.63, 3.8) is 0 Å². The summed E-state index contributed by atoms with van der Waals surface area (Å²) in [6.45, 7) is 0. The van der Waals surface area contributed by atoms with Crippen molar-refractivity contribution in [2.45, 2.75) is 0 Å². The van der Waals surface area contributed by atoms with E-state index in [0.29, 0.717) is 9.26 Å². The number of hydrogen-bond acceptors (Lipinski definition) is 3. The minimum Gasteiger partial charge on any atom is -0.494 e. The first kappa shape index (κ1) is 18.4. The molecule has 0 radical (unpaired) electrons. The Morgan fingerprint density at radius 1 is 0.846 bits per heavy atom. The number of methoxy groups -OCH3 is 1. The normalized spacial score (nSPS) is 10.5. The van der Waals surface area contributed by atoms with Crippen molar-refractivity contribution in [3.8, 4) is 5.75 Å². The molecular formula is C19H14F3IN2O. The predicted molar refractivity (Wildman–Crippen MR) is 105 cm³/mol. The summed E-state index contributed by atoms with van der Waals surface area (Å²) in [5.41, 5.74) is 0.581. The van der Waals surface area contributed by atoms with E-state index in [-0.39, 0.29) is 22.8 Å². The standard InChI is InChI=1S/C19H14F3IN2O/c1-26-16-10-14(21)17(22)19(18(16)24-12-5-3-2-4-6-12)25-15-8-7-11(23)9-13(15)20/h2-10,24-25H,1H3. The lowest BCUT2D eigenvalue weighted by molar-refractivity contribution is 0.409. The molecular weight excluding hydrogens is 456 g/mol. The molecule has 0 aliphatic heterocycles. The lowest BCUT2D eigenvalue weighted by Crippen LogP contribution is -2.05. The molecule has 0 heterocycles. The fraction of sp³-hybridized carbons (Fsp3) is 0.0526. The maximum atomic E-state index is 14.5. The van der Waals surface area contributed by atoms with Crippen molar-refractivity contribution in [2.75, 3.05) is 17.7 Å². The molecule has 3 aromatic carbocycles. The number of nitrogens with one attached hydrogen (secondary N) is 2. The Kier molecular flexibility index (Phi) is 5.55. The van der Waals surface area contributed by atoms with Crippen molar-refractivity contribution in [1.82, 2.24) is 0 Å². The zero-order valence-corrected chi connectivity index (χ0v) is 15.8. The van der Waals surface area contributed by atoms with Gasteiger partial charge < -0.3 is 15.4 Å². The van der Waals surface area contributed by atoms with E-state index >= 15 is 0 Å². The lowest BCUT2D eigenvalue weighted by Gasteiger charge is -2.19. The highest BCUT2D eigenvalue weighted by Gasteiger charge is 2.21. The van der Waals surface area contributed by atoms with Gasteiger partial charge in [-0.25, -0.2) is 13.2 Å². The third-order valence-corrected chi connectivity index (χ3v) is 4.31. The summed E-state index contributed by atoms with van der Waals surface area (Å²) in [6, 6.07) is 14.3. The average molecular weight is 470 g/mol. The Bertz CT molecular complexity index is 936. The fourth-order valence-corrected chi connectivity index (χ4v) is 2.85. The summed E-state index contributed by atoms with van der Waals surface area (Å²) >= 11 is 1.96. The Morgan fingerprint density at radius 2 is 1.58 bits per heavy atom. The maximum Gasteiger partial charge on any atom is 0.184 e. The van der Waals surface area contributed by atoms with E-state index in [0.717, 1.165) is 6.07 Å². The molecule has 0 spiro atoms. The average Bonchev–Trinajstić information content (AvgIpc) is 2.63. The number of ether oxygens (including phenoxy) is 1. The second kappa shape index (κ2) is 7.86. The van der Waals surface area contributed by atoms with Crippen molar-refractivity contribution >= 4 is 45.3 Å². The highest BCUT2D eigenvalue weighted by molar-refractivity contribution is 14.1. The lowest BCUT2D eigenvalue weighted by atomic mass is 10.2. The van der Waals surface area contributed by atoms with Crippen LogP contribution in [0.4, 0.5) is 35.9 Å². The van der Waals surface area contributed by atoms with Gasteiger partial charge in [0.05, 0.1) is 12.8 Å². The number of benzene rings is 3. The zero-order valence-electron chi connectivity index (χ0n) is 13.6. The summed E-state index contributed by atoms with van der Waals surface area (Å²) in [7, 11) is 1.35. The van der Waals surface area contributed by atoms with Gasteiger partial charge in [0.15, 0.2) is 11.6 Å². The minimum absolute atomic E-state index is 0.0214. The molecule has 0 amide bonds. The highest BCUT2D eigenvalue weighted by atomic mass is 127. The van der Waals surface area contributed by atoms with E-state index in [4.69, 9.17) is 4.74 Å². The van der Waals surface area contributed by atoms with E-state index < -0.39 is 17.5 Å². The molecule has 0 aromatic heterocycles. The van der Waals surface area contributed by atoms with Crippen LogP contribution in [0.15, 0.2) is 54.6 Å². The first-order chi connectivity index (χ1) is 12.5. The molecule has 3 aromatic rings. The third-order valence-electron chi connectivity index (χ3n) is 3.64. The van der Waals surface area contributed by atoms with E-state index in [2.05, 4.69) is 10.6 Å². The van der Waals surface area contributed by atoms with Crippen molar-refractivity contribution in [1.29, 1.82) is 0 Å². The quantitative estimate of drug-likeness (QED) is 0.436. The summed E-state index contributed by atoms with van der Waals surface area (Å²) in [5.74, 6) is -2.73. The molecule has 0 aliphatic carbocycles. The first-order valence-electron chi connectivity index (χ1n) is 7.59. The van der Waals surface area contributed by atoms with E-state index in [1.807, 2.05) is 28.7 Å². The van der Waals surface area contributed by atoms with E-state index in [9.17, 15) is 13.2 Å². The van der Waals surface area contributed by atoms with Gasteiger partial charge in [-0.1, -0.05) is 18.2 Å². The van der Waals surface area contributed by atoms with Crippen LogP contribution < -0.4 is 15.4 Å². The number of para-hydroxylation sites is 1. The third kappa shape index (κ3) is 3.87.